The van der Waals surface area contributed by atoms with Crippen LogP contribution in [0, 0.1) is 6.92 Å². The number of nitrogens with zero attached hydrogens (tertiary/aromatic N) is 1. The Morgan fingerprint density at radius 2 is 1.61 bits per heavy atom. The van der Waals surface area contributed by atoms with Crippen molar-refractivity contribution in [2.75, 3.05) is 21.3 Å². The zero-order chi connectivity index (χ0) is 24.1. The third-order valence-corrected chi connectivity index (χ3v) is 5.18. The first-order chi connectivity index (χ1) is 15.8. The molecule has 0 aliphatic rings. The van der Waals surface area contributed by atoms with Gasteiger partial charge in [0, 0.05) is 29.8 Å². The fraction of sp³-hybridized carbons (Fsp3) is 0.250. The summed E-state index contributed by atoms with van der Waals surface area (Å²) in [5, 5.41) is 3.37. The Labute approximate surface area is 197 Å². The highest BCUT2D eigenvalue weighted by Gasteiger charge is 2.25. The first-order valence-electron chi connectivity index (χ1n) is 10.0. The number of ether oxygens (including phenoxy) is 4. The van der Waals surface area contributed by atoms with Crippen molar-refractivity contribution in [3.63, 3.8) is 0 Å². The zero-order valence-electron chi connectivity index (χ0n) is 19.0. The summed E-state index contributed by atoms with van der Waals surface area (Å²) >= 11 is 5.98. The lowest BCUT2D eigenvalue weighted by Gasteiger charge is -2.24. The van der Waals surface area contributed by atoms with Gasteiger partial charge < -0.3 is 28.8 Å². The number of hydrogen-bond acceptors (Lipinski definition) is 6. The predicted octanol–water partition coefficient (Wildman–Crippen LogP) is 4.46. The Hall–Kier alpha value is -3.65. The molecule has 1 N–H and O–H groups in total. The second-order valence-corrected chi connectivity index (χ2v) is 7.54. The van der Waals surface area contributed by atoms with E-state index in [0.29, 0.717) is 33.7 Å². The summed E-state index contributed by atoms with van der Waals surface area (Å²) < 4.78 is 23.7. The number of amides is 1. The minimum Gasteiger partial charge on any atom is -0.493 e. The molecule has 0 aliphatic heterocycles. The number of methoxy groups -OCH3 is 3. The van der Waals surface area contributed by atoms with Gasteiger partial charge in [-0.05, 0) is 43.3 Å². The van der Waals surface area contributed by atoms with Gasteiger partial charge in [0.25, 0.3) is 0 Å². The van der Waals surface area contributed by atoms with Crippen molar-refractivity contribution in [1.29, 1.82) is 0 Å². The van der Waals surface area contributed by atoms with Crippen LogP contribution in [-0.2, 0) is 9.53 Å². The molecule has 1 heterocycles. The number of aromatic nitrogens is 1. The number of esters is 1. The summed E-state index contributed by atoms with van der Waals surface area (Å²) in [5.41, 5.74) is 2.10. The van der Waals surface area contributed by atoms with E-state index in [1.807, 2.05) is 19.1 Å². The lowest BCUT2D eigenvalue weighted by atomic mass is 10.1. The normalized spacial score (nSPS) is 11.5. The quantitative estimate of drug-likeness (QED) is 0.385. The Kier molecular flexibility index (Phi) is 7.50. The van der Waals surface area contributed by atoms with Crippen LogP contribution in [0.25, 0.3) is 5.69 Å². The molecule has 0 radical (unpaired) electrons. The first kappa shape index (κ1) is 24.0. The van der Waals surface area contributed by atoms with Crippen LogP contribution in [0.2, 0.25) is 5.02 Å². The maximum absolute atomic E-state index is 12.6. The largest absolute Gasteiger partial charge is 0.493 e. The molecule has 0 fully saturated rings. The molecule has 174 valence electrons. The molecule has 9 heteroatoms. The molecule has 1 atom stereocenters. The van der Waals surface area contributed by atoms with Crippen LogP contribution in [0.5, 0.6) is 17.2 Å². The van der Waals surface area contributed by atoms with E-state index < -0.39 is 12.2 Å². The average Bonchev–Trinajstić information content (AvgIpc) is 3.19. The van der Waals surface area contributed by atoms with Crippen LogP contribution < -0.4 is 19.5 Å². The molecule has 0 saturated carbocycles. The van der Waals surface area contributed by atoms with E-state index in [9.17, 15) is 9.59 Å². The van der Waals surface area contributed by atoms with Gasteiger partial charge in [-0.25, -0.2) is 4.79 Å². The Bertz CT molecular complexity index is 1160. The van der Waals surface area contributed by atoms with Crippen molar-refractivity contribution < 1.29 is 28.5 Å². The number of hydrogen-bond donors (Lipinski definition) is 1. The predicted molar refractivity (Wildman–Crippen MR) is 124 cm³/mol. The maximum atomic E-state index is 12.6. The fourth-order valence-electron chi connectivity index (χ4n) is 3.42. The Morgan fingerprint density at radius 3 is 2.18 bits per heavy atom. The maximum Gasteiger partial charge on any atom is 0.340 e. The molecule has 1 unspecified atom stereocenters. The molecule has 3 rings (SSSR count). The Balaban J connectivity index is 2.19. The van der Waals surface area contributed by atoms with Gasteiger partial charge in [0.2, 0.25) is 12.1 Å². The van der Waals surface area contributed by atoms with E-state index in [4.69, 9.17) is 30.5 Å². The van der Waals surface area contributed by atoms with Crippen LogP contribution in [-0.4, -0.2) is 37.8 Å². The highest BCUT2D eigenvalue weighted by molar-refractivity contribution is 6.30. The number of aryl methyl sites for hydroxylation is 1. The van der Waals surface area contributed by atoms with Gasteiger partial charge >= 0.3 is 5.97 Å². The summed E-state index contributed by atoms with van der Waals surface area (Å²) in [6.07, 6.45) is -0.865. The summed E-state index contributed by atoms with van der Waals surface area (Å²) in [4.78, 5) is 24.6. The third-order valence-electron chi connectivity index (χ3n) is 4.92. The smallest absolute Gasteiger partial charge is 0.340 e. The van der Waals surface area contributed by atoms with Crippen molar-refractivity contribution in [3.05, 3.63) is 70.5 Å². The standard InChI is InChI=1S/C24H25ClN2O6/c1-14-6-11-19(23(26-15(2)28)33-17-9-7-16(25)8-10-17)27(14)20-13-22(31-4)21(30-3)12-18(20)24(29)32-5/h6-13,23H,1-5H3,(H,26,28). The minimum atomic E-state index is -0.865. The summed E-state index contributed by atoms with van der Waals surface area (Å²) in [6.45, 7) is 3.27. The molecule has 0 spiro atoms. The summed E-state index contributed by atoms with van der Waals surface area (Å²) in [5.74, 6) is 0.460. The van der Waals surface area contributed by atoms with E-state index in [0.717, 1.165) is 5.69 Å². The zero-order valence-corrected chi connectivity index (χ0v) is 19.7. The molecule has 2 aromatic carbocycles. The Morgan fingerprint density at radius 1 is 0.970 bits per heavy atom. The van der Waals surface area contributed by atoms with E-state index in [1.54, 1.807) is 41.0 Å². The lowest BCUT2D eigenvalue weighted by molar-refractivity contribution is -0.121. The first-order valence-corrected chi connectivity index (χ1v) is 10.4. The second-order valence-electron chi connectivity index (χ2n) is 7.10. The molecule has 1 amide bonds. The number of nitrogens with one attached hydrogen (secondary N) is 1. The molecule has 0 aliphatic carbocycles. The van der Waals surface area contributed by atoms with Gasteiger partial charge in [0.05, 0.1) is 38.3 Å². The van der Waals surface area contributed by atoms with Crippen LogP contribution in [0.1, 0.15) is 34.9 Å². The van der Waals surface area contributed by atoms with Crippen LogP contribution in [0.15, 0.2) is 48.5 Å². The summed E-state index contributed by atoms with van der Waals surface area (Å²) in [7, 11) is 4.29. The highest BCUT2D eigenvalue weighted by atomic mass is 35.5. The van der Waals surface area contributed by atoms with E-state index in [-0.39, 0.29) is 11.5 Å². The lowest BCUT2D eigenvalue weighted by Crippen LogP contribution is -2.32. The molecule has 0 saturated heterocycles. The van der Waals surface area contributed by atoms with Gasteiger partial charge in [-0.15, -0.1) is 0 Å². The van der Waals surface area contributed by atoms with Crippen LogP contribution >= 0.6 is 11.6 Å². The molecular formula is C24H25ClN2O6. The van der Waals surface area contributed by atoms with Crippen LogP contribution in [0.4, 0.5) is 0 Å². The van der Waals surface area contributed by atoms with Crippen LogP contribution in [0.3, 0.4) is 0 Å². The van der Waals surface area contributed by atoms with Crippen molar-refractivity contribution in [3.8, 4) is 22.9 Å². The van der Waals surface area contributed by atoms with E-state index >= 15 is 0 Å². The second kappa shape index (κ2) is 10.3. The molecule has 8 nitrogen and oxygen atoms in total. The van der Waals surface area contributed by atoms with Crippen molar-refractivity contribution in [1.82, 2.24) is 9.88 Å². The average molecular weight is 473 g/mol. The van der Waals surface area contributed by atoms with Gasteiger partial charge in [-0.2, -0.15) is 0 Å². The highest BCUT2D eigenvalue weighted by Crippen LogP contribution is 2.35. The third kappa shape index (κ3) is 5.23. The van der Waals surface area contributed by atoms with Crippen molar-refractivity contribution >= 4 is 23.5 Å². The molecule has 0 bridgehead atoms. The minimum absolute atomic E-state index is 0.253. The number of halogens is 1. The van der Waals surface area contributed by atoms with E-state index in [1.165, 1.54) is 28.3 Å². The van der Waals surface area contributed by atoms with Gasteiger partial charge in [-0.1, -0.05) is 11.6 Å². The number of carbonyl (C=O) groups is 2. The number of carbonyl (C=O) groups excluding carboxylic acids is 2. The van der Waals surface area contributed by atoms with Crippen molar-refractivity contribution in [2.45, 2.75) is 20.1 Å². The van der Waals surface area contributed by atoms with Crippen molar-refractivity contribution in [2.24, 2.45) is 0 Å². The molecule has 1 aromatic heterocycles. The summed E-state index contributed by atoms with van der Waals surface area (Å²) in [6, 6.07) is 13.7. The van der Waals surface area contributed by atoms with Gasteiger partial charge in [0.1, 0.15) is 5.75 Å². The van der Waals surface area contributed by atoms with Gasteiger partial charge in [0.15, 0.2) is 11.5 Å². The molecule has 3 aromatic rings. The van der Waals surface area contributed by atoms with E-state index in [2.05, 4.69) is 5.32 Å². The molecular weight excluding hydrogens is 448 g/mol. The number of rotatable bonds is 8. The number of benzene rings is 2. The topological polar surface area (TPSA) is 88.0 Å². The fourth-order valence-corrected chi connectivity index (χ4v) is 3.54. The monoisotopic (exact) mass is 472 g/mol. The van der Waals surface area contributed by atoms with Gasteiger partial charge in [-0.3, -0.25) is 4.79 Å². The SMILES string of the molecule is COC(=O)c1cc(OC)c(OC)cc1-n1c(C)ccc1C(NC(C)=O)Oc1ccc(Cl)cc1. The molecule has 33 heavy (non-hydrogen) atoms.